The third-order valence-corrected chi connectivity index (χ3v) is 4.13. The summed E-state index contributed by atoms with van der Waals surface area (Å²) < 4.78 is 5.01. The van der Waals surface area contributed by atoms with Gasteiger partial charge in [0.1, 0.15) is 0 Å². The van der Waals surface area contributed by atoms with Crippen molar-refractivity contribution in [3.63, 3.8) is 0 Å². The molecule has 0 fully saturated rings. The molecule has 0 aliphatic rings. The van der Waals surface area contributed by atoms with Gasteiger partial charge in [-0.15, -0.1) is 0 Å². The highest BCUT2D eigenvalue weighted by Gasteiger charge is 2.11. The molecule has 2 rings (SSSR count). The standard InChI is InChI=1S/C21H23ClN2O3/c1-23(2)19-10-7-17(8-11-19)14-24(3)20(25)15-27-21(26)12-9-16-5-4-6-18(22)13-16/h4-13H,14-15H2,1-3H3/b12-9+. The maximum absolute atomic E-state index is 12.1. The Hall–Kier alpha value is -2.79. The van der Waals surface area contributed by atoms with Gasteiger partial charge in [-0.25, -0.2) is 4.79 Å². The lowest BCUT2D eigenvalue weighted by Gasteiger charge is -2.18. The molecular formula is C21H23ClN2O3. The van der Waals surface area contributed by atoms with Gasteiger partial charge in [-0.05, 0) is 41.5 Å². The van der Waals surface area contributed by atoms with E-state index in [0.717, 1.165) is 16.8 Å². The van der Waals surface area contributed by atoms with Crippen molar-refractivity contribution in [2.75, 3.05) is 32.6 Å². The number of esters is 1. The summed E-state index contributed by atoms with van der Waals surface area (Å²) in [4.78, 5) is 27.5. The highest BCUT2D eigenvalue weighted by molar-refractivity contribution is 6.30. The molecule has 0 aliphatic heterocycles. The smallest absolute Gasteiger partial charge is 0.331 e. The van der Waals surface area contributed by atoms with Gasteiger partial charge in [0.25, 0.3) is 5.91 Å². The molecule has 0 N–H and O–H groups in total. The quantitative estimate of drug-likeness (QED) is 0.538. The first-order chi connectivity index (χ1) is 12.8. The van der Waals surface area contributed by atoms with E-state index in [9.17, 15) is 9.59 Å². The van der Waals surface area contributed by atoms with Crippen molar-refractivity contribution in [1.82, 2.24) is 4.90 Å². The van der Waals surface area contributed by atoms with Crippen LogP contribution in [0.15, 0.2) is 54.6 Å². The fraction of sp³-hybridized carbons (Fsp3) is 0.238. The number of hydrogen-bond acceptors (Lipinski definition) is 4. The van der Waals surface area contributed by atoms with Crippen LogP contribution >= 0.6 is 11.6 Å². The first-order valence-electron chi connectivity index (χ1n) is 8.46. The largest absolute Gasteiger partial charge is 0.452 e. The van der Waals surface area contributed by atoms with E-state index in [-0.39, 0.29) is 12.5 Å². The van der Waals surface area contributed by atoms with E-state index in [1.54, 1.807) is 31.3 Å². The third kappa shape index (κ3) is 6.79. The van der Waals surface area contributed by atoms with Crippen molar-refractivity contribution < 1.29 is 14.3 Å². The Labute approximate surface area is 164 Å². The molecule has 0 heterocycles. The Bertz CT molecular complexity index is 816. The molecule has 27 heavy (non-hydrogen) atoms. The number of carbonyl (C=O) groups is 2. The zero-order valence-electron chi connectivity index (χ0n) is 15.7. The number of rotatable bonds is 7. The molecule has 0 atom stereocenters. The predicted octanol–water partition coefficient (Wildman–Crippen LogP) is 3.62. The van der Waals surface area contributed by atoms with E-state index >= 15 is 0 Å². The van der Waals surface area contributed by atoms with Crippen molar-refractivity contribution in [3.8, 4) is 0 Å². The lowest BCUT2D eigenvalue weighted by Crippen LogP contribution is -2.30. The Balaban J connectivity index is 1.80. The fourth-order valence-corrected chi connectivity index (χ4v) is 2.53. The van der Waals surface area contributed by atoms with Crippen LogP contribution in [0.1, 0.15) is 11.1 Å². The van der Waals surface area contributed by atoms with E-state index < -0.39 is 5.97 Å². The summed E-state index contributed by atoms with van der Waals surface area (Å²) in [6.07, 6.45) is 2.87. The molecule has 0 spiro atoms. The molecule has 0 radical (unpaired) electrons. The summed E-state index contributed by atoms with van der Waals surface area (Å²) in [6.45, 7) is 0.146. The maximum Gasteiger partial charge on any atom is 0.331 e. The van der Waals surface area contributed by atoms with Gasteiger partial charge >= 0.3 is 5.97 Å². The highest BCUT2D eigenvalue weighted by Crippen LogP contribution is 2.14. The zero-order valence-corrected chi connectivity index (χ0v) is 16.4. The Morgan fingerprint density at radius 1 is 1.07 bits per heavy atom. The van der Waals surface area contributed by atoms with Crippen LogP contribution in [0.5, 0.6) is 0 Å². The minimum atomic E-state index is -0.577. The number of hydrogen-bond donors (Lipinski definition) is 0. The second-order valence-electron chi connectivity index (χ2n) is 6.31. The molecule has 0 bridgehead atoms. The first kappa shape index (κ1) is 20.5. The van der Waals surface area contributed by atoms with Gasteiger partial charge in [-0.2, -0.15) is 0 Å². The normalized spacial score (nSPS) is 10.7. The van der Waals surface area contributed by atoms with Crippen molar-refractivity contribution in [1.29, 1.82) is 0 Å². The number of likely N-dealkylation sites (N-methyl/N-ethyl adjacent to an activating group) is 1. The van der Waals surface area contributed by atoms with Crippen LogP contribution in [0.25, 0.3) is 6.08 Å². The van der Waals surface area contributed by atoms with Gasteiger partial charge in [-0.1, -0.05) is 35.9 Å². The number of nitrogens with zero attached hydrogens (tertiary/aromatic N) is 2. The van der Waals surface area contributed by atoms with Crippen molar-refractivity contribution in [3.05, 3.63) is 70.8 Å². The predicted molar refractivity (Wildman–Crippen MR) is 109 cm³/mol. The third-order valence-electron chi connectivity index (χ3n) is 3.90. The van der Waals surface area contributed by atoms with Gasteiger partial charge in [0.2, 0.25) is 0 Å². The summed E-state index contributed by atoms with van der Waals surface area (Å²) in [6, 6.07) is 15.0. The summed E-state index contributed by atoms with van der Waals surface area (Å²) in [5.41, 5.74) is 2.88. The minimum Gasteiger partial charge on any atom is -0.452 e. The number of halogens is 1. The van der Waals surface area contributed by atoms with Crippen LogP contribution in [-0.4, -0.2) is 44.5 Å². The molecule has 1 amide bonds. The van der Waals surface area contributed by atoms with E-state index in [1.165, 1.54) is 11.0 Å². The Kier molecular flexibility index (Phi) is 7.44. The molecule has 0 unspecified atom stereocenters. The van der Waals surface area contributed by atoms with E-state index in [1.807, 2.05) is 49.3 Å². The topological polar surface area (TPSA) is 49.9 Å². The molecule has 0 aliphatic carbocycles. The Morgan fingerprint density at radius 3 is 2.41 bits per heavy atom. The van der Waals surface area contributed by atoms with Crippen molar-refractivity contribution >= 4 is 35.2 Å². The first-order valence-corrected chi connectivity index (χ1v) is 8.83. The molecule has 142 valence electrons. The molecule has 2 aromatic rings. The summed E-state index contributed by atoms with van der Waals surface area (Å²) >= 11 is 5.89. The maximum atomic E-state index is 12.1. The molecule has 0 aromatic heterocycles. The number of ether oxygens (including phenoxy) is 1. The molecule has 0 saturated heterocycles. The number of amides is 1. The van der Waals surface area contributed by atoms with Crippen LogP contribution < -0.4 is 4.90 Å². The van der Waals surface area contributed by atoms with Gasteiger partial charge in [0.05, 0.1) is 0 Å². The van der Waals surface area contributed by atoms with Gasteiger partial charge in [-0.3, -0.25) is 4.79 Å². The average Bonchev–Trinajstić information content (AvgIpc) is 2.64. The number of anilines is 1. The zero-order chi connectivity index (χ0) is 19.8. The average molecular weight is 387 g/mol. The summed E-state index contributed by atoms with van der Waals surface area (Å²) in [5.74, 6) is -0.844. The minimum absolute atomic E-state index is 0.267. The van der Waals surface area contributed by atoms with E-state index in [4.69, 9.17) is 16.3 Å². The van der Waals surface area contributed by atoms with Gasteiger partial charge in [0.15, 0.2) is 6.61 Å². The second-order valence-corrected chi connectivity index (χ2v) is 6.74. The molecular weight excluding hydrogens is 364 g/mol. The van der Waals surface area contributed by atoms with Crippen LogP contribution in [0, 0.1) is 0 Å². The van der Waals surface area contributed by atoms with Crippen molar-refractivity contribution in [2.45, 2.75) is 6.54 Å². The van der Waals surface area contributed by atoms with E-state index in [2.05, 4.69) is 0 Å². The number of carbonyl (C=O) groups excluding carboxylic acids is 2. The monoisotopic (exact) mass is 386 g/mol. The van der Waals surface area contributed by atoms with Crippen LogP contribution in [0.2, 0.25) is 5.02 Å². The fourth-order valence-electron chi connectivity index (χ4n) is 2.33. The molecule has 0 saturated carbocycles. The Morgan fingerprint density at radius 2 is 1.78 bits per heavy atom. The summed E-state index contributed by atoms with van der Waals surface area (Å²) in [7, 11) is 5.62. The van der Waals surface area contributed by atoms with Crippen LogP contribution in [0.3, 0.4) is 0 Å². The van der Waals surface area contributed by atoms with Gasteiger partial charge < -0.3 is 14.5 Å². The SMILES string of the molecule is CN(Cc1ccc(N(C)C)cc1)C(=O)COC(=O)/C=C/c1cccc(Cl)c1. The van der Waals surface area contributed by atoms with Crippen LogP contribution in [0.4, 0.5) is 5.69 Å². The lowest BCUT2D eigenvalue weighted by molar-refractivity contribution is -0.147. The summed E-state index contributed by atoms with van der Waals surface area (Å²) in [5, 5.41) is 0.584. The van der Waals surface area contributed by atoms with E-state index in [0.29, 0.717) is 11.6 Å². The highest BCUT2D eigenvalue weighted by atomic mass is 35.5. The molecule has 6 heteroatoms. The molecule has 2 aromatic carbocycles. The second kappa shape index (κ2) is 9.78. The molecule has 5 nitrogen and oxygen atoms in total. The van der Waals surface area contributed by atoms with Crippen molar-refractivity contribution in [2.24, 2.45) is 0 Å². The number of benzene rings is 2. The van der Waals surface area contributed by atoms with Crippen LogP contribution in [-0.2, 0) is 20.9 Å². The lowest BCUT2D eigenvalue weighted by atomic mass is 10.2. The van der Waals surface area contributed by atoms with Gasteiger partial charge in [0, 0.05) is 44.5 Å².